The summed E-state index contributed by atoms with van der Waals surface area (Å²) >= 11 is 0. The van der Waals surface area contributed by atoms with E-state index in [1.54, 1.807) is 13.0 Å². The minimum atomic E-state index is -0.799. The fourth-order valence-corrected chi connectivity index (χ4v) is 3.35. The monoisotopic (exact) mass is 440 g/mol. The zero-order valence-electron chi connectivity index (χ0n) is 18.2. The molecule has 0 saturated carbocycles. The molecule has 1 unspecified atom stereocenters. The Labute approximate surface area is 192 Å². The van der Waals surface area contributed by atoms with Crippen LogP contribution in [-0.2, 0) is 9.59 Å². The van der Waals surface area contributed by atoms with E-state index in [1.165, 1.54) is 0 Å². The lowest BCUT2D eigenvalue weighted by Crippen LogP contribution is -2.48. The first-order valence-electron chi connectivity index (χ1n) is 10.6. The molecule has 6 nitrogen and oxygen atoms in total. The van der Waals surface area contributed by atoms with Gasteiger partial charge in [0.2, 0.25) is 0 Å². The highest BCUT2D eigenvalue weighted by molar-refractivity contribution is 5.89. The van der Waals surface area contributed by atoms with E-state index in [4.69, 9.17) is 9.47 Å². The molecule has 0 aromatic heterocycles. The van der Waals surface area contributed by atoms with Crippen LogP contribution in [-0.4, -0.2) is 24.5 Å². The van der Waals surface area contributed by atoms with Crippen LogP contribution in [0.5, 0.6) is 11.5 Å². The number of hydrogen-bond acceptors (Lipinski definition) is 4. The lowest BCUT2D eigenvalue weighted by atomic mass is 10.1. The third kappa shape index (κ3) is 5.68. The van der Waals surface area contributed by atoms with E-state index in [2.05, 4.69) is 10.9 Å². The molecule has 0 bridgehead atoms. The van der Waals surface area contributed by atoms with Gasteiger partial charge >= 0.3 is 0 Å². The Morgan fingerprint density at radius 3 is 2.21 bits per heavy atom. The molecular formula is C27H24N2O4. The largest absolute Gasteiger partial charge is 0.483 e. The number of ether oxygens (including phenoxy) is 2. The Bertz CT molecular complexity index is 1230. The van der Waals surface area contributed by atoms with Gasteiger partial charge < -0.3 is 9.47 Å². The Kier molecular flexibility index (Phi) is 6.85. The van der Waals surface area contributed by atoms with Crippen LogP contribution in [0.15, 0.2) is 97.1 Å². The number of carbonyl (C=O) groups is 2. The molecule has 0 fully saturated rings. The molecule has 2 amide bonds. The molecule has 0 saturated heterocycles. The molecule has 0 aliphatic carbocycles. The van der Waals surface area contributed by atoms with Crippen LogP contribution in [0.4, 0.5) is 0 Å². The molecule has 6 heteroatoms. The van der Waals surface area contributed by atoms with E-state index >= 15 is 0 Å². The Morgan fingerprint density at radius 1 is 0.758 bits per heavy atom. The third-order valence-electron chi connectivity index (χ3n) is 5.08. The summed E-state index contributed by atoms with van der Waals surface area (Å²) in [4.78, 5) is 24.4. The minimum Gasteiger partial charge on any atom is -0.483 e. The number of rotatable bonds is 7. The molecule has 4 aromatic rings. The van der Waals surface area contributed by atoms with Crippen molar-refractivity contribution in [3.8, 4) is 22.6 Å². The zero-order valence-corrected chi connectivity index (χ0v) is 18.2. The van der Waals surface area contributed by atoms with Gasteiger partial charge in [-0.15, -0.1) is 0 Å². The molecule has 0 aliphatic heterocycles. The highest BCUT2D eigenvalue weighted by Crippen LogP contribution is 2.25. The second-order valence-electron chi connectivity index (χ2n) is 7.45. The molecule has 33 heavy (non-hydrogen) atoms. The van der Waals surface area contributed by atoms with Gasteiger partial charge in [0, 0.05) is 5.39 Å². The second kappa shape index (κ2) is 10.3. The van der Waals surface area contributed by atoms with Crippen molar-refractivity contribution < 1.29 is 19.1 Å². The molecule has 0 radical (unpaired) electrons. The summed E-state index contributed by atoms with van der Waals surface area (Å²) in [6.07, 6.45) is -0.799. The standard InChI is InChI=1S/C27H24N2O4/c1-19(33-23-16-14-21(15-17-23)20-8-3-2-4-9-20)27(31)29-28-26(30)18-32-25-13-7-11-22-10-5-6-12-24(22)25/h2-17,19H,18H2,1H3,(H,28,30)(H,29,31). The topological polar surface area (TPSA) is 76.7 Å². The van der Waals surface area contributed by atoms with Gasteiger partial charge in [0.1, 0.15) is 11.5 Å². The fraction of sp³-hybridized carbons (Fsp3) is 0.111. The van der Waals surface area contributed by atoms with E-state index < -0.39 is 17.9 Å². The molecule has 166 valence electrons. The summed E-state index contributed by atoms with van der Waals surface area (Å²) in [5, 5.41) is 1.93. The molecule has 0 aliphatic rings. The summed E-state index contributed by atoms with van der Waals surface area (Å²) < 4.78 is 11.3. The average molecular weight is 440 g/mol. The highest BCUT2D eigenvalue weighted by Gasteiger charge is 2.16. The maximum Gasteiger partial charge on any atom is 0.279 e. The van der Waals surface area contributed by atoms with Crippen LogP contribution in [0.2, 0.25) is 0 Å². The number of carbonyl (C=O) groups excluding carboxylic acids is 2. The van der Waals surface area contributed by atoms with Gasteiger partial charge in [-0.25, -0.2) is 0 Å². The van der Waals surface area contributed by atoms with Crippen molar-refractivity contribution in [2.45, 2.75) is 13.0 Å². The van der Waals surface area contributed by atoms with Crippen LogP contribution in [0.25, 0.3) is 21.9 Å². The second-order valence-corrected chi connectivity index (χ2v) is 7.45. The number of fused-ring (bicyclic) bond motifs is 1. The lowest BCUT2D eigenvalue weighted by Gasteiger charge is -2.16. The maximum atomic E-state index is 12.3. The number of nitrogens with one attached hydrogen (secondary N) is 2. The van der Waals surface area contributed by atoms with Gasteiger partial charge in [0.05, 0.1) is 0 Å². The molecule has 2 N–H and O–H groups in total. The molecule has 1 atom stereocenters. The van der Waals surface area contributed by atoms with E-state index in [0.717, 1.165) is 21.9 Å². The molecular weight excluding hydrogens is 416 g/mol. The van der Waals surface area contributed by atoms with Crippen molar-refractivity contribution >= 4 is 22.6 Å². The maximum absolute atomic E-state index is 12.3. The first-order chi connectivity index (χ1) is 16.1. The van der Waals surface area contributed by atoms with Crippen molar-refractivity contribution in [1.29, 1.82) is 0 Å². The quantitative estimate of drug-likeness (QED) is 0.415. The van der Waals surface area contributed by atoms with E-state index in [1.807, 2.05) is 91.0 Å². The summed E-state index contributed by atoms with van der Waals surface area (Å²) in [5.41, 5.74) is 6.88. The van der Waals surface area contributed by atoms with Crippen LogP contribution in [0, 0.1) is 0 Å². The van der Waals surface area contributed by atoms with Crippen molar-refractivity contribution in [1.82, 2.24) is 10.9 Å². The Hall–Kier alpha value is -4.32. The van der Waals surface area contributed by atoms with Gasteiger partial charge in [-0.1, -0.05) is 78.9 Å². The van der Waals surface area contributed by atoms with Crippen molar-refractivity contribution in [3.63, 3.8) is 0 Å². The average Bonchev–Trinajstić information content (AvgIpc) is 2.87. The first-order valence-corrected chi connectivity index (χ1v) is 10.6. The number of amides is 2. The third-order valence-corrected chi connectivity index (χ3v) is 5.08. The highest BCUT2D eigenvalue weighted by atomic mass is 16.5. The number of benzene rings is 4. The summed E-state index contributed by atoms with van der Waals surface area (Å²) in [5.74, 6) is 0.213. The zero-order chi connectivity index (χ0) is 23.0. The van der Waals surface area contributed by atoms with E-state index in [0.29, 0.717) is 11.5 Å². The summed E-state index contributed by atoms with van der Waals surface area (Å²) in [6, 6.07) is 30.8. The predicted molar refractivity (Wildman–Crippen MR) is 128 cm³/mol. The Balaban J connectivity index is 1.24. The normalized spacial score (nSPS) is 11.4. The van der Waals surface area contributed by atoms with Gasteiger partial charge in [-0.05, 0) is 41.6 Å². The van der Waals surface area contributed by atoms with Crippen LogP contribution in [0.3, 0.4) is 0 Å². The van der Waals surface area contributed by atoms with Crippen LogP contribution >= 0.6 is 0 Å². The minimum absolute atomic E-state index is 0.232. The van der Waals surface area contributed by atoms with Gasteiger partial charge in [0.25, 0.3) is 11.8 Å². The SMILES string of the molecule is CC(Oc1ccc(-c2ccccc2)cc1)C(=O)NNC(=O)COc1cccc2ccccc12. The van der Waals surface area contributed by atoms with Crippen molar-refractivity contribution in [2.75, 3.05) is 6.61 Å². The molecule has 0 spiro atoms. The van der Waals surface area contributed by atoms with Crippen molar-refractivity contribution in [3.05, 3.63) is 97.1 Å². The first kappa shape index (κ1) is 21.9. The summed E-state index contributed by atoms with van der Waals surface area (Å²) in [7, 11) is 0. The smallest absolute Gasteiger partial charge is 0.279 e. The van der Waals surface area contributed by atoms with E-state index in [9.17, 15) is 9.59 Å². The predicted octanol–water partition coefficient (Wildman–Crippen LogP) is 4.50. The fourth-order valence-electron chi connectivity index (χ4n) is 3.35. The Morgan fingerprint density at radius 2 is 1.42 bits per heavy atom. The number of hydrogen-bond donors (Lipinski definition) is 2. The number of hydrazine groups is 1. The summed E-state index contributed by atoms with van der Waals surface area (Å²) in [6.45, 7) is 1.38. The van der Waals surface area contributed by atoms with Gasteiger partial charge in [0.15, 0.2) is 12.7 Å². The van der Waals surface area contributed by atoms with Crippen molar-refractivity contribution in [2.24, 2.45) is 0 Å². The van der Waals surface area contributed by atoms with E-state index in [-0.39, 0.29) is 6.61 Å². The van der Waals surface area contributed by atoms with Gasteiger partial charge in [-0.2, -0.15) is 0 Å². The van der Waals surface area contributed by atoms with Crippen LogP contribution in [0.1, 0.15) is 6.92 Å². The lowest BCUT2D eigenvalue weighted by molar-refractivity contribution is -0.133. The van der Waals surface area contributed by atoms with Gasteiger partial charge in [-0.3, -0.25) is 20.4 Å². The van der Waals surface area contributed by atoms with Crippen LogP contribution < -0.4 is 20.3 Å². The molecule has 4 rings (SSSR count). The molecule has 0 heterocycles. The molecule has 4 aromatic carbocycles.